The standard InChI is InChI=1S/C16H22FNO/c1-3-16(4-2)8-9-18(12-16)11-15(19)13-6-5-7-14(17)10-13/h5-7,10H,3-4,8-9,11-12H2,1-2H3. The number of benzene rings is 1. The molecule has 0 bridgehead atoms. The van der Waals surface area contributed by atoms with E-state index in [1.807, 2.05) is 0 Å². The number of rotatable bonds is 5. The second-order valence-corrected chi connectivity index (χ2v) is 5.60. The van der Waals surface area contributed by atoms with Gasteiger partial charge in [0.1, 0.15) is 5.82 Å². The van der Waals surface area contributed by atoms with E-state index in [9.17, 15) is 9.18 Å². The number of carbonyl (C=O) groups is 1. The van der Waals surface area contributed by atoms with Gasteiger partial charge in [0.25, 0.3) is 0 Å². The van der Waals surface area contributed by atoms with Gasteiger partial charge in [-0.25, -0.2) is 4.39 Å². The smallest absolute Gasteiger partial charge is 0.176 e. The number of carbonyl (C=O) groups excluding carboxylic acids is 1. The molecule has 1 aromatic carbocycles. The molecule has 0 N–H and O–H groups in total. The van der Waals surface area contributed by atoms with Crippen LogP contribution in [0.4, 0.5) is 4.39 Å². The van der Waals surface area contributed by atoms with Gasteiger partial charge >= 0.3 is 0 Å². The Morgan fingerprint density at radius 1 is 1.37 bits per heavy atom. The number of ketones is 1. The van der Waals surface area contributed by atoms with Crippen LogP contribution >= 0.6 is 0 Å². The van der Waals surface area contributed by atoms with Gasteiger partial charge < -0.3 is 0 Å². The van der Waals surface area contributed by atoms with E-state index in [4.69, 9.17) is 0 Å². The van der Waals surface area contributed by atoms with E-state index in [1.54, 1.807) is 12.1 Å². The molecule has 0 saturated carbocycles. The summed E-state index contributed by atoms with van der Waals surface area (Å²) in [6.45, 7) is 6.82. The Labute approximate surface area is 114 Å². The van der Waals surface area contributed by atoms with Crippen molar-refractivity contribution in [2.45, 2.75) is 33.1 Å². The van der Waals surface area contributed by atoms with Crippen molar-refractivity contribution in [1.82, 2.24) is 4.90 Å². The Kier molecular flexibility index (Phi) is 4.35. The fourth-order valence-electron chi connectivity index (χ4n) is 2.95. The molecular formula is C16H22FNO. The summed E-state index contributed by atoms with van der Waals surface area (Å²) < 4.78 is 13.1. The highest BCUT2D eigenvalue weighted by molar-refractivity contribution is 5.97. The van der Waals surface area contributed by atoms with Crippen LogP contribution in [-0.4, -0.2) is 30.3 Å². The minimum atomic E-state index is -0.344. The maximum Gasteiger partial charge on any atom is 0.176 e. The lowest BCUT2D eigenvalue weighted by Gasteiger charge is -2.26. The number of likely N-dealkylation sites (tertiary alicyclic amines) is 1. The van der Waals surface area contributed by atoms with Crippen LogP contribution in [0.15, 0.2) is 24.3 Å². The lowest BCUT2D eigenvalue weighted by molar-refractivity contribution is 0.0936. The Balaban J connectivity index is 1.98. The molecule has 1 fully saturated rings. The van der Waals surface area contributed by atoms with Crippen LogP contribution in [0.5, 0.6) is 0 Å². The first-order chi connectivity index (χ1) is 9.08. The maximum absolute atomic E-state index is 13.1. The molecule has 2 rings (SSSR count). The molecule has 0 unspecified atom stereocenters. The largest absolute Gasteiger partial charge is 0.295 e. The van der Waals surface area contributed by atoms with Crippen molar-refractivity contribution in [3.8, 4) is 0 Å². The normalized spacial score (nSPS) is 18.7. The molecule has 1 aliphatic heterocycles. The minimum absolute atomic E-state index is 0.0162. The molecule has 3 heteroatoms. The summed E-state index contributed by atoms with van der Waals surface area (Å²) in [5, 5.41) is 0. The van der Waals surface area contributed by atoms with E-state index < -0.39 is 0 Å². The molecule has 104 valence electrons. The monoisotopic (exact) mass is 263 g/mol. The molecule has 0 amide bonds. The Bertz CT molecular complexity index is 454. The first kappa shape index (κ1) is 14.2. The van der Waals surface area contributed by atoms with Gasteiger partial charge in [-0.05, 0) is 43.4 Å². The van der Waals surface area contributed by atoms with Crippen molar-refractivity contribution in [3.05, 3.63) is 35.6 Å². The van der Waals surface area contributed by atoms with Gasteiger partial charge in [0.15, 0.2) is 5.78 Å². The number of hydrogen-bond donors (Lipinski definition) is 0. The van der Waals surface area contributed by atoms with Gasteiger partial charge in [0.2, 0.25) is 0 Å². The minimum Gasteiger partial charge on any atom is -0.295 e. The van der Waals surface area contributed by atoms with E-state index in [0.29, 0.717) is 17.5 Å². The summed E-state index contributed by atoms with van der Waals surface area (Å²) in [6, 6.07) is 5.97. The summed E-state index contributed by atoms with van der Waals surface area (Å²) in [7, 11) is 0. The van der Waals surface area contributed by atoms with Gasteiger partial charge in [-0.15, -0.1) is 0 Å². The molecule has 0 aliphatic carbocycles. The van der Waals surface area contributed by atoms with Crippen LogP contribution in [0.3, 0.4) is 0 Å². The van der Waals surface area contributed by atoms with Gasteiger partial charge in [0, 0.05) is 12.1 Å². The van der Waals surface area contributed by atoms with Gasteiger partial charge in [-0.3, -0.25) is 9.69 Å². The fraction of sp³-hybridized carbons (Fsp3) is 0.562. The first-order valence-electron chi connectivity index (χ1n) is 7.10. The number of hydrogen-bond acceptors (Lipinski definition) is 2. The Morgan fingerprint density at radius 2 is 2.11 bits per heavy atom. The summed E-state index contributed by atoms with van der Waals surface area (Å²) in [5.74, 6) is -0.328. The zero-order chi connectivity index (χ0) is 13.9. The summed E-state index contributed by atoms with van der Waals surface area (Å²) in [5.41, 5.74) is 0.855. The van der Waals surface area contributed by atoms with Crippen molar-refractivity contribution in [2.75, 3.05) is 19.6 Å². The first-order valence-corrected chi connectivity index (χ1v) is 7.10. The molecule has 1 aromatic rings. The maximum atomic E-state index is 13.1. The SMILES string of the molecule is CCC1(CC)CCN(CC(=O)c2cccc(F)c2)C1. The zero-order valence-electron chi connectivity index (χ0n) is 11.8. The van der Waals surface area contributed by atoms with E-state index in [-0.39, 0.29) is 11.6 Å². The highest BCUT2D eigenvalue weighted by atomic mass is 19.1. The number of nitrogens with zero attached hydrogens (tertiary/aromatic N) is 1. The van der Waals surface area contributed by atoms with Crippen LogP contribution in [-0.2, 0) is 0 Å². The lowest BCUT2D eigenvalue weighted by atomic mass is 9.82. The molecular weight excluding hydrogens is 241 g/mol. The molecule has 0 atom stereocenters. The van der Waals surface area contributed by atoms with Crippen LogP contribution in [0.25, 0.3) is 0 Å². The predicted octanol–water partition coefficient (Wildman–Crippen LogP) is 3.52. The molecule has 1 saturated heterocycles. The van der Waals surface area contributed by atoms with Crippen molar-refractivity contribution < 1.29 is 9.18 Å². The quantitative estimate of drug-likeness (QED) is 0.758. The molecule has 1 heterocycles. The fourth-order valence-corrected chi connectivity index (χ4v) is 2.95. The Hall–Kier alpha value is -1.22. The van der Waals surface area contributed by atoms with E-state index in [0.717, 1.165) is 32.4 Å². The number of halogens is 1. The highest BCUT2D eigenvalue weighted by Crippen LogP contribution is 2.36. The topological polar surface area (TPSA) is 20.3 Å². The average Bonchev–Trinajstić information content (AvgIpc) is 2.83. The second kappa shape index (κ2) is 5.83. The lowest BCUT2D eigenvalue weighted by Crippen LogP contribution is -2.31. The van der Waals surface area contributed by atoms with E-state index in [1.165, 1.54) is 12.1 Å². The van der Waals surface area contributed by atoms with Gasteiger partial charge in [-0.1, -0.05) is 26.0 Å². The molecule has 0 aromatic heterocycles. The third-order valence-electron chi connectivity index (χ3n) is 4.53. The average molecular weight is 263 g/mol. The third kappa shape index (κ3) is 3.21. The van der Waals surface area contributed by atoms with Crippen LogP contribution in [0, 0.1) is 11.2 Å². The molecule has 0 radical (unpaired) electrons. The van der Waals surface area contributed by atoms with Crippen molar-refractivity contribution in [1.29, 1.82) is 0 Å². The molecule has 0 spiro atoms. The zero-order valence-corrected chi connectivity index (χ0v) is 11.8. The summed E-state index contributed by atoms with van der Waals surface area (Å²) in [6.07, 6.45) is 3.48. The van der Waals surface area contributed by atoms with Crippen molar-refractivity contribution >= 4 is 5.78 Å². The summed E-state index contributed by atoms with van der Waals surface area (Å²) >= 11 is 0. The van der Waals surface area contributed by atoms with Crippen LogP contribution < -0.4 is 0 Å². The van der Waals surface area contributed by atoms with Crippen LogP contribution in [0.1, 0.15) is 43.5 Å². The predicted molar refractivity (Wildman–Crippen MR) is 74.8 cm³/mol. The van der Waals surface area contributed by atoms with Crippen LogP contribution in [0.2, 0.25) is 0 Å². The second-order valence-electron chi connectivity index (χ2n) is 5.60. The molecule has 1 aliphatic rings. The number of Topliss-reactive ketones (excluding diaryl/α,β-unsaturated/α-hetero) is 1. The molecule has 19 heavy (non-hydrogen) atoms. The van der Waals surface area contributed by atoms with Gasteiger partial charge in [0.05, 0.1) is 6.54 Å². The van der Waals surface area contributed by atoms with Crippen molar-refractivity contribution in [2.24, 2.45) is 5.41 Å². The van der Waals surface area contributed by atoms with E-state index >= 15 is 0 Å². The third-order valence-corrected chi connectivity index (χ3v) is 4.53. The Morgan fingerprint density at radius 3 is 2.68 bits per heavy atom. The highest BCUT2D eigenvalue weighted by Gasteiger charge is 2.35. The summed E-state index contributed by atoms with van der Waals surface area (Å²) in [4.78, 5) is 14.3. The molecule has 2 nitrogen and oxygen atoms in total. The van der Waals surface area contributed by atoms with Crippen molar-refractivity contribution in [3.63, 3.8) is 0 Å². The van der Waals surface area contributed by atoms with Gasteiger partial charge in [-0.2, -0.15) is 0 Å². The van der Waals surface area contributed by atoms with E-state index in [2.05, 4.69) is 18.7 Å².